The second-order valence-electron chi connectivity index (χ2n) is 5.11. The van der Waals surface area contributed by atoms with E-state index in [9.17, 15) is 9.59 Å². The molecule has 1 aliphatic rings. The smallest absolute Gasteiger partial charge is 0.234 e. The molecule has 1 heterocycles. The van der Waals surface area contributed by atoms with Crippen molar-refractivity contribution in [3.63, 3.8) is 0 Å². The molecule has 0 aliphatic carbocycles. The highest BCUT2D eigenvalue weighted by molar-refractivity contribution is 5.97. The Kier molecular flexibility index (Phi) is 5.26. The van der Waals surface area contributed by atoms with Crippen LogP contribution in [0, 0.1) is 0 Å². The van der Waals surface area contributed by atoms with Crippen LogP contribution in [0.3, 0.4) is 0 Å². The minimum absolute atomic E-state index is 0.0131. The number of amides is 1. The van der Waals surface area contributed by atoms with Gasteiger partial charge in [-0.05, 0) is 7.05 Å². The van der Waals surface area contributed by atoms with E-state index >= 15 is 0 Å². The van der Waals surface area contributed by atoms with Gasteiger partial charge in [-0.3, -0.25) is 15.0 Å². The Labute approximate surface area is 119 Å². The highest BCUT2D eigenvalue weighted by Crippen LogP contribution is 2.05. The molecule has 1 saturated heterocycles. The van der Waals surface area contributed by atoms with Gasteiger partial charge < -0.3 is 4.90 Å². The van der Waals surface area contributed by atoms with Gasteiger partial charge in [0.1, 0.15) is 0 Å². The van der Waals surface area contributed by atoms with E-state index in [1.165, 1.54) is 0 Å². The van der Waals surface area contributed by atoms with E-state index in [-0.39, 0.29) is 24.5 Å². The molecule has 0 aromatic heterocycles. The number of carbonyl (C=O) groups is 2. The molecule has 1 aromatic rings. The number of hydrogen-bond acceptors (Lipinski definition) is 4. The first-order chi connectivity index (χ1) is 9.65. The molecule has 0 radical (unpaired) electrons. The Bertz CT molecular complexity index is 453. The Balaban J connectivity index is 1.71. The zero-order valence-electron chi connectivity index (χ0n) is 11.8. The number of hydrazine groups is 1. The van der Waals surface area contributed by atoms with Gasteiger partial charge in [0.2, 0.25) is 5.91 Å². The number of rotatable bonds is 5. The van der Waals surface area contributed by atoms with Gasteiger partial charge in [0.25, 0.3) is 0 Å². The van der Waals surface area contributed by atoms with Crippen molar-refractivity contribution in [3.05, 3.63) is 35.9 Å². The molecule has 1 fully saturated rings. The highest BCUT2D eigenvalue weighted by atomic mass is 16.2. The molecule has 1 aliphatic heterocycles. The monoisotopic (exact) mass is 275 g/mol. The van der Waals surface area contributed by atoms with Crippen molar-refractivity contribution in [1.29, 1.82) is 0 Å². The van der Waals surface area contributed by atoms with Gasteiger partial charge in [-0.2, -0.15) is 0 Å². The Morgan fingerprint density at radius 2 is 1.70 bits per heavy atom. The fourth-order valence-electron chi connectivity index (χ4n) is 2.15. The van der Waals surface area contributed by atoms with Gasteiger partial charge in [0, 0.05) is 44.6 Å². The van der Waals surface area contributed by atoms with Crippen LogP contribution in [0.2, 0.25) is 0 Å². The molecule has 1 aromatic carbocycles. The van der Waals surface area contributed by atoms with E-state index in [1.807, 2.05) is 23.2 Å². The first-order valence-electron chi connectivity index (χ1n) is 6.96. The van der Waals surface area contributed by atoms with Crippen LogP contribution in [0.25, 0.3) is 0 Å². The molecule has 0 unspecified atom stereocenters. The summed E-state index contributed by atoms with van der Waals surface area (Å²) in [6, 6.07) is 9.09. The Morgan fingerprint density at radius 1 is 1.05 bits per heavy atom. The number of benzene rings is 1. The number of ketones is 1. The Hall–Kier alpha value is -1.72. The maximum absolute atomic E-state index is 11.9. The first kappa shape index (κ1) is 14.7. The summed E-state index contributed by atoms with van der Waals surface area (Å²) in [5.74, 6) is -0.0713. The standard InChI is InChI=1S/C15H21N3O2/c1-17-9-11-18(12-10-17)16-15(20)8-7-14(19)13-5-3-2-4-6-13/h2-6H,7-12H2,1H3,(H,16,20). The summed E-state index contributed by atoms with van der Waals surface area (Å²) < 4.78 is 0. The van der Waals surface area contributed by atoms with Crippen molar-refractivity contribution in [1.82, 2.24) is 15.3 Å². The van der Waals surface area contributed by atoms with Gasteiger partial charge in [-0.1, -0.05) is 30.3 Å². The number of nitrogens with zero attached hydrogens (tertiary/aromatic N) is 2. The molecule has 0 atom stereocenters. The van der Waals surface area contributed by atoms with Crippen LogP contribution in [0.5, 0.6) is 0 Å². The normalized spacial score (nSPS) is 16.9. The summed E-state index contributed by atoms with van der Waals surface area (Å²) in [5.41, 5.74) is 3.53. The van der Waals surface area contributed by atoms with E-state index in [0.29, 0.717) is 5.56 Å². The van der Waals surface area contributed by atoms with Crippen LogP contribution in [-0.4, -0.2) is 54.8 Å². The SMILES string of the molecule is CN1CCN(NC(=O)CCC(=O)c2ccccc2)CC1. The van der Waals surface area contributed by atoms with Crippen LogP contribution < -0.4 is 5.43 Å². The van der Waals surface area contributed by atoms with Gasteiger partial charge in [-0.15, -0.1) is 0 Å². The van der Waals surface area contributed by atoms with Gasteiger partial charge in [0.05, 0.1) is 0 Å². The molecule has 0 saturated carbocycles. The molecule has 0 spiro atoms. The second kappa shape index (κ2) is 7.17. The lowest BCUT2D eigenvalue weighted by Crippen LogP contribution is -2.52. The van der Waals surface area contributed by atoms with Crippen LogP contribution in [0.4, 0.5) is 0 Å². The summed E-state index contributed by atoms with van der Waals surface area (Å²) in [5, 5.41) is 1.93. The van der Waals surface area contributed by atoms with E-state index in [0.717, 1.165) is 26.2 Å². The largest absolute Gasteiger partial charge is 0.304 e. The molecular formula is C15H21N3O2. The number of likely N-dealkylation sites (N-methyl/N-ethyl adjacent to an activating group) is 1. The third kappa shape index (κ3) is 4.43. The average molecular weight is 275 g/mol. The maximum Gasteiger partial charge on any atom is 0.234 e. The molecule has 1 amide bonds. The van der Waals surface area contributed by atoms with Crippen molar-refractivity contribution in [2.75, 3.05) is 33.2 Å². The fraction of sp³-hybridized carbons (Fsp3) is 0.467. The zero-order valence-corrected chi connectivity index (χ0v) is 11.8. The minimum Gasteiger partial charge on any atom is -0.304 e. The molecule has 20 heavy (non-hydrogen) atoms. The highest BCUT2D eigenvalue weighted by Gasteiger charge is 2.16. The summed E-state index contributed by atoms with van der Waals surface area (Å²) >= 11 is 0. The molecule has 1 N–H and O–H groups in total. The predicted octanol–water partition coefficient (Wildman–Crippen LogP) is 0.928. The van der Waals surface area contributed by atoms with Crippen molar-refractivity contribution in [2.24, 2.45) is 0 Å². The van der Waals surface area contributed by atoms with E-state index in [4.69, 9.17) is 0 Å². The van der Waals surface area contributed by atoms with Crippen molar-refractivity contribution in [2.45, 2.75) is 12.8 Å². The molecular weight excluding hydrogens is 254 g/mol. The van der Waals surface area contributed by atoms with Gasteiger partial charge in [-0.25, -0.2) is 5.01 Å². The lowest BCUT2D eigenvalue weighted by atomic mass is 10.1. The van der Waals surface area contributed by atoms with E-state index in [1.54, 1.807) is 12.1 Å². The summed E-state index contributed by atoms with van der Waals surface area (Å²) in [6.07, 6.45) is 0.490. The molecule has 5 heteroatoms. The lowest BCUT2D eigenvalue weighted by Gasteiger charge is -2.32. The number of carbonyl (C=O) groups excluding carboxylic acids is 2. The number of piperazine rings is 1. The molecule has 108 valence electrons. The topological polar surface area (TPSA) is 52.6 Å². The summed E-state index contributed by atoms with van der Waals surface area (Å²) in [7, 11) is 2.07. The summed E-state index contributed by atoms with van der Waals surface area (Å²) in [4.78, 5) is 25.9. The zero-order chi connectivity index (χ0) is 14.4. The minimum atomic E-state index is -0.0844. The summed E-state index contributed by atoms with van der Waals surface area (Å²) in [6.45, 7) is 3.55. The third-order valence-electron chi connectivity index (χ3n) is 3.46. The third-order valence-corrected chi connectivity index (χ3v) is 3.46. The quantitative estimate of drug-likeness (QED) is 0.812. The van der Waals surface area contributed by atoms with Crippen LogP contribution in [0.1, 0.15) is 23.2 Å². The fourth-order valence-corrected chi connectivity index (χ4v) is 2.15. The first-order valence-corrected chi connectivity index (χ1v) is 6.96. The molecule has 5 nitrogen and oxygen atoms in total. The average Bonchev–Trinajstić information content (AvgIpc) is 2.48. The van der Waals surface area contributed by atoms with Crippen molar-refractivity contribution < 1.29 is 9.59 Å². The number of Topliss-reactive ketones (excluding diaryl/α,β-unsaturated/α-hetero) is 1. The van der Waals surface area contributed by atoms with E-state index < -0.39 is 0 Å². The molecule has 2 rings (SSSR count). The van der Waals surface area contributed by atoms with Crippen LogP contribution >= 0.6 is 0 Å². The van der Waals surface area contributed by atoms with E-state index in [2.05, 4.69) is 17.4 Å². The van der Waals surface area contributed by atoms with Crippen LogP contribution in [-0.2, 0) is 4.79 Å². The predicted molar refractivity (Wildman–Crippen MR) is 77.2 cm³/mol. The van der Waals surface area contributed by atoms with Crippen molar-refractivity contribution in [3.8, 4) is 0 Å². The van der Waals surface area contributed by atoms with Crippen LogP contribution in [0.15, 0.2) is 30.3 Å². The van der Waals surface area contributed by atoms with Crippen molar-refractivity contribution >= 4 is 11.7 Å². The number of hydrogen-bond donors (Lipinski definition) is 1. The van der Waals surface area contributed by atoms with Gasteiger partial charge in [0.15, 0.2) is 5.78 Å². The number of nitrogens with one attached hydrogen (secondary N) is 1. The van der Waals surface area contributed by atoms with Gasteiger partial charge >= 0.3 is 0 Å². The molecule has 0 bridgehead atoms. The lowest BCUT2D eigenvalue weighted by molar-refractivity contribution is -0.126. The maximum atomic E-state index is 11.9. The Morgan fingerprint density at radius 3 is 2.35 bits per heavy atom. The second-order valence-corrected chi connectivity index (χ2v) is 5.11.